The fourth-order valence-corrected chi connectivity index (χ4v) is 3.54. The van der Waals surface area contributed by atoms with Crippen molar-refractivity contribution >= 4 is 5.91 Å². The second-order valence-electron chi connectivity index (χ2n) is 6.57. The molecule has 0 aliphatic carbocycles. The quantitative estimate of drug-likeness (QED) is 0.831. The summed E-state index contributed by atoms with van der Waals surface area (Å²) in [6.45, 7) is 4.07. The fourth-order valence-electron chi connectivity index (χ4n) is 3.54. The summed E-state index contributed by atoms with van der Waals surface area (Å²) in [6.07, 6.45) is 0. The van der Waals surface area contributed by atoms with Crippen molar-refractivity contribution in [3.8, 4) is 17.2 Å². The molecule has 1 amide bonds. The summed E-state index contributed by atoms with van der Waals surface area (Å²) >= 11 is 0. The number of carbonyl (C=O) groups excluding carboxylic acids is 1. The minimum atomic E-state index is -0.0411. The summed E-state index contributed by atoms with van der Waals surface area (Å²) in [5.74, 6) is 1.97. The Morgan fingerprint density at radius 2 is 1.44 bits per heavy atom. The number of hydrogen-bond donors (Lipinski definition) is 1. The number of nitrogens with one attached hydrogen (secondary N) is 1. The molecule has 1 fully saturated rings. The lowest BCUT2D eigenvalue weighted by molar-refractivity contribution is -0.917. The molecule has 2 aromatic carbocycles. The number of carbonyl (C=O) groups is 1. The van der Waals surface area contributed by atoms with E-state index in [4.69, 9.17) is 14.2 Å². The van der Waals surface area contributed by atoms with E-state index in [9.17, 15) is 4.79 Å². The van der Waals surface area contributed by atoms with Crippen LogP contribution in [0.2, 0.25) is 0 Å². The third-order valence-electron chi connectivity index (χ3n) is 5.03. The normalized spacial score (nSPS) is 14.7. The van der Waals surface area contributed by atoms with Crippen LogP contribution in [0.4, 0.5) is 0 Å². The molecular weight excluding hydrogens is 344 g/mol. The van der Waals surface area contributed by atoms with Gasteiger partial charge in [0.25, 0.3) is 5.91 Å². The van der Waals surface area contributed by atoms with Gasteiger partial charge < -0.3 is 24.0 Å². The minimum Gasteiger partial charge on any atom is -0.496 e. The van der Waals surface area contributed by atoms with Crippen LogP contribution in [0.15, 0.2) is 42.5 Å². The number of methoxy groups -OCH3 is 3. The van der Waals surface area contributed by atoms with Gasteiger partial charge in [-0.3, -0.25) is 4.79 Å². The molecule has 1 N–H and O–H groups in total. The molecule has 6 heteroatoms. The van der Waals surface area contributed by atoms with E-state index in [1.165, 1.54) is 10.5 Å². The number of nitrogens with zero attached hydrogens (tertiary/aromatic N) is 1. The number of amides is 1. The average molecular weight is 371 g/mol. The molecule has 0 unspecified atom stereocenters. The summed E-state index contributed by atoms with van der Waals surface area (Å²) in [4.78, 5) is 16.4. The topological polar surface area (TPSA) is 52.4 Å². The van der Waals surface area contributed by atoms with Gasteiger partial charge in [-0.15, -0.1) is 0 Å². The van der Waals surface area contributed by atoms with Gasteiger partial charge in [-0.25, -0.2) is 0 Å². The number of rotatable bonds is 6. The van der Waals surface area contributed by atoms with Crippen LogP contribution in [-0.4, -0.2) is 58.3 Å². The molecule has 144 valence electrons. The van der Waals surface area contributed by atoms with E-state index in [0.717, 1.165) is 25.4 Å². The molecule has 0 atom stereocenters. The Bertz CT molecular complexity index is 763. The second kappa shape index (κ2) is 8.77. The zero-order valence-corrected chi connectivity index (χ0v) is 16.2. The summed E-state index contributed by atoms with van der Waals surface area (Å²) < 4.78 is 16.2. The lowest BCUT2D eigenvalue weighted by Crippen LogP contribution is -3.13. The number of piperazine rings is 1. The third-order valence-corrected chi connectivity index (χ3v) is 5.03. The molecule has 1 heterocycles. The summed E-state index contributed by atoms with van der Waals surface area (Å²) in [5, 5.41) is 0. The van der Waals surface area contributed by atoms with E-state index in [1.807, 2.05) is 29.2 Å². The van der Waals surface area contributed by atoms with Gasteiger partial charge in [0.05, 0.1) is 47.5 Å². The Kier molecular flexibility index (Phi) is 6.19. The standard InChI is InChI=1S/C21H26N2O4/c1-25-17-8-5-4-7-16(17)15-22-11-13-23(14-12-22)21(24)20-18(26-2)9-6-10-19(20)27-3/h4-10H,11-15H2,1-3H3/p+1. The SMILES string of the molecule is COc1ccccc1C[NH+]1CCN(C(=O)c2c(OC)cccc2OC)CC1. The van der Waals surface area contributed by atoms with Gasteiger partial charge in [0.1, 0.15) is 29.4 Å². The van der Waals surface area contributed by atoms with Gasteiger partial charge in [0.2, 0.25) is 0 Å². The summed E-state index contributed by atoms with van der Waals surface area (Å²) in [5.41, 5.74) is 1.69. The lowest BCUT2D eigenvalue weighted by Gasteiger charge is -2.33. The molecule has 1 saturated heterocycles. The first-order chi connectivity index (χ1) is 13.2. The highest BCUT2D eigenvalue weighted by molar-refractivity contribution is 5.99. The summed E-state index contributed by atoms with van der Waals surface area (Å²) in [6, 6.07) is 13.5. The molecule has 3 rings (SSSR count). The van der Waals surface area contributed by atoms with Gasteiger partial charge in [-0.1, -0.05) is 18.2 Å². The van der Waals surface area contributed by atoms with Crippen molar-refractivity contribution < 1.29 is 23.9 Å². The highest BCUT2D eigenvalue weighted by Gasteiger charge is 2.29. The molecule has 1 aliphatic rings. The number of benzene rings is 2. The summed E-state index contributed by atoms with van der Waals surface area (Å²) in [7, 11) is 4.84. The van der Waals surface area contributed by atoms with Crippen LogP contribution >= 0.6 is 0 Å². The molecule has 6 nitrogen and oxygen atoms in total. The maximum atomic E-state index is 13.1. The molecule has 0 spiro atoms. The van der Waals surface area contributed by atoms with Gasteiger partial charge in [-0.05, 0) is 24.3 Å². The highest BCUT2D eigenvalue weighted by Crippen LogP contribution is 2.29. The first-order valence-electron chi connectivity index (χ1n) is 9.13. The Balaban J connectivity index is 1.67. The molecule has 1 aliphatic heterocycles. The van der Waals surface area contributed by atoms with Gasteiger partial charge in [0.15, 0.2) is 0 Å². The third kappa shape index (κ3) is 4.17. The van der Waals surface area contributed by atoms with E-state index >= 15 is 0 Å². The van der Waals surface area contributed by atoms with Gasteiger partial charge >= 0.3 is 0 Å². The van der Waals surface area contributed by atoms with E-state index in [-0.39, 0.29) is 5.91 Å². The Labute approximate surface area is 160 Å². The zero-order chi connectivity index (χ0) is 19.2. The molecule has 27 heavy (non-hydrogen) atoms. The fraction of sp³-hybridized carbons (Fsp3) is 0.381. The van der Waals surface area contributed by atoms with Crippen molar-refractivity contribution in [1.29, 1.82) is 0 Å². The van der Waals surface area contributed by atoms with Crippen LogP contribution in [0.5, 0.6) is 17.2 Å². The van der Waals surface area contributed by atoms with Crippen LogP contribution in [-0.2, 0) is 6.54 Å². The number of quaternary nitrogens is 1. The van der Waals surface area contributed by atoms with Crippen LogP contribution in [0.1, 0.15) is 15.9 Å². The smallest absolute Gasteiger partial charge is 0.261 e. The van der Waals surface area contributed by atoms with Crippen molar-refractivity contribution in [2.75, 3.05) is 47.5 Å². The molecule has 2 aromatic rings. The van der Waals surface area contributed by atoms with Crippen LogP contribution < -0.4 is 19.1 Å². The largest absolute Gasteiger partial charge is 0.496 e. The second-order valence-corrected chi connectivity index (χ2v) is 6.57. The maximum Gasteiger partial charge on any atom is 0.261 e. The van der Waals surface area contributed by atoms with Crippen molar-refractivity contribution in [1.82, 2.24) is 4.90 Å². The highest BCUT2D eigenvalue weighted by atomic mass is 16.5. The number of ether oxygens (including phenoxy) is 3. The molecule has 0 aromatic heterocycles. The van der Waals surface area contributed by atoms with Crippen molar-refractivity contribution in [3.63, 3.8) is 0 Å². The van der Waals surface area contributed by atoms with Crippen molar-refractivity contribution in [2.45, 2.75) is 6.54 Å². The van der Waals surface area contributed by atoms with Gasteiger partial charge in [0, 0.05) is 5.56 Å². The average Bonchev–Trinajstić information content (AvgIpc) is 2.73. The van der Waals surface area contributed by atoms with E-state index < -0.39 is 0 Å². The number of hydrogen-bond acceptors (Lipinski definition) is 4. The predicted molar refractivity (Wildman–Crippen MR) is 103 cm³/mol. The molecular formula is C21H27N2O4+. The van der Waals surface area contributed by atoms with Gasteiger partial charge in [-0.2, -0.15) is 0 Å². The van der Waals surface area contributed by atoms with Crippen LogP contribution in [0.3, 0.4) is 0 Å². The van der Waals surface area contributed by atoms with Crippen LogP contribution in [0, 0.1) is 0 Å². The van der Waals surface area contributed by atoms with Crippen molar-refractivity contribution in [2.24, 2.45) is 0 Å². The van der Waals surface area contributed by atoms with Crippen molar-refractivity contribution in [3.05, 3.63) is 53.6 Å². The first kappa shape index (κ1) is 19.0. The molecule has 0 bridgehead atoms. The predicted octanol–water partition coefficient (Wildman–Crippen LogP) is 1.25. The number of para-hydroxylation sites is 1. The van der Waals surface area contributed by atoms with E-state index in [1.54, 1.807) is 33.5 Å². The Morgan fingerprint density at radius 1 is 0.889 bits per heavy atom. The van der Waals surface area contributed by atoms with Crippen LogP contribution in [0.25, 0.3) is 0 Å². The monoisotopic (exact) mass is 371 g/mol. The Hall–Kier alpha value is -2.73. The zero-order valence-electron chi connectivity index (χ0n) is 16.2. The minimum absolute atomic E-state index is 0.0411. The van der Waals surface area contributed by atoms with E-state index in [2.05, 4.69) is 6.07 Å². The Morgan fingerprint density at radius 3 is 2.04 bits per heavy atom. The maximum absolute atomic E-state index is 13.1. The van der Waals surface area contributed by atoms with E-state index in [0.29, 0.717) is 30.2 Å². The molecule has 0 saturated carbocycles. The molecule has 0 radical (unpaired) electrons. The lowest BCUT2D eigenvalue weighted by atomic mass is 10.1. The first-order valence-corrected chi connectivity index (χ1v) is 9.13.